The fourth-order valence-corrected chi connectivity index (χ4v) is 3.60. The molecule has 0 aromatic rings. The Labute approximate surface area is 104 Å². The van der Waals surface area contributed by atoms with Gasteiger partial charge in [0.25, 0.3) is 5.91 Å². The number of carbonyl (C=O) groups excluding carboxylic acids is 1. The summed E-state index contributed by atoms with van der Waals surface area (Å²) < 4.78 is 0. The van der Waals surface area contributed by atoms with E-state index in [2.05, 4.69) is 0 Å². The molecule has 2 atom stereocenters. The Morgan fingerprint density at radius 3 is 2.72 bits per heavy atom. The van der Waals surface area contributed by atoms with Gasteiger partial charge in [0.15, 0.2) is 0 Å². The van der Waals surface area contributed by atoms with Gasteiger partial charge in [-0.15, -0.1) is 0 Å². The van der Waals surface area contributed by atoms with Crippen LogP contribution in [0.5, 0.6) is 0 Å². The molecular formula is C13H15NO4. The van der Waals surface area contributed by atoms with Crippen LogP contribution in [-0.2, 0) is 4.79 Å². The van der Waals surface area contributed by atoms with Crippen LogP contribution in [0.25, 0.3) is 0 Å². The minimum atomic E-state index is -1.22. The summed E-state index contributed by atoms with van der Waals surface area (Å²) in [5, 5.41) is 18.4. The maximum atomic E-state index is 12.0. The molecule has 5 nitrogen and oxygen atoms in total. The standard InChI is InChI=1S/C13H15NO4/c15-6-10-9-5-7-3-1-2-4-8(7)11(9)14(12(10)16)13(17)18/h6,9,11,15H,1-5H2,(H,17,18)/b10-6-/t9-,11-/m1/s1. The molecule has 0 aromatic carbocycles. The van der Waals surface area contributed by atoms with E-state index in [-0.39, 0.29) is 17.5 Å². The van der Waals surface area contributed by atoms with E-state index in [1.165, 1.54) is 5.57 Å². The van der Waals surface area contributed by atoms with Gasteiger partial charge in [0.1, 0.15) is 0 Å². The number of amides is 2. The molecule has 0 unspecified atom stereocenters. The number of aliphatic hydroxyl groups is 1. The molecule has 2 aliphatic carbocycles. The molecule has 0 aromatic heterocycles. The van der Waals surface area contributed by atoms with E-state index in [4.69, 9.17) is 0 Å². The predicted molar refractivity (Wildman–Crippen MR) is 63.0 cm³/mol. The van der Waals surface area contributed by atoms with Crippen LogP contribution in [-0.4, -0.2) is 33.2 Å². The van der Waals surface area contributed by atoms with Gasteiger partial charge >= 0.3 is 6.09 Å². The number of carboxylic acid groups (broad SMARTS) is 1. The van der Waals surface area contributed by atoms with Crippen molar-refractivity contribution < 1.29 is 19.8 Å². The zero-order chi connectivity index (χ0) is 12.9. The first kappa shape index (κ1) is 11.3. The van der Waals surface area contributed by atoms with Gasteiger partial charge < -0.3 is 10.2 Å². The van der Waals surface area contributed by atoms with Crippen molar-refractivity contribution in [1.29, 1.82) is 0 Å². The van der Waals surface area contributed by atoms with Crippen molar-refractivity contribution in [2.75, 3.05) is 0 Å². The number of hydrogen-bond donors (Lipinski definition) is 2. The molecule has 0 saturated carbocycles. The molecule has 3 rings (SSSR count). The largest absolute Gasteiger partial charge is 0.515 e. The molecule has 1 saturated heterocycles. The van der Waals surface area contributed by atoms with E-state index < -0.39 is 12.0 Å². The molecule has 3 aliphatic rings. The van der Waals surface area contributed by atoms with Gasteiger partial charge in [-0.2, -0.15) is 0 Å². The number of rotatable bonds is 0. The van der Waals surface area contributed by atoms with E-state index in [1.807, 2.05) is 0 Å². The van der Waals surface area contributed by atoms with Crippen molar-refractivity contribution in [1.82, 2.24) is 4.90 Å². The number of aliphatic hydroxyl groups excluding tert-OH is 1. The Kier molecular flexibility index (Phi) is 2.43. The second kappa shape index (κ2) is 3.86. The average Bonchev–Trinajstić information content (AvgIpc) is 2.82. The summed E-state index contributed by atoms with van der Waals surface area (Å²) in [4.78, 5) is 24.1. The van der Waals surface area contributed by atoms with Crippen LogP contribution in [0.4, 0.5) is 4.79 Å². The quantitative estimate of drug-likeness (QED) is 0.392. The summed E-state index contributed by atoms with van der Waals surface area (Å²) in [6, 6.07) is -0.358. The normalized spacial score (nSPS) is 33.0. The van der Waals surface area contributed by atoms with Crippen molar-refractivity contribution in [3.05, 3.63) is 23.0 Å². The van der Waals surface area contributed by atoms with Gasteiger partial charge in [-0.3, -0.25) is 4.79 Å². The lowest BCUT2D eigenvalue weighted by atomic mass is 9.92. The second-order valence-electron chi connectivity index (χ2n) is 5.13. The van der Waals surface area contributed by atoms with Gasteiger partial charge in [-0.25, -0.2) is 9.69 Å². The lowest BCUT2D eigenvalue weighted by Crippen LogP contribution is -2.39. The number of imide groups is 1. The third-order valence-electron chi connectivity index (χ3n) is 4.32. The van der Waals surface area contributed by atoms with Crippen LogP contribution in [0.2, 0.25) is 0 Å². The lowest BCUT2D eigenvalue weighted by molar-refractivity contribution is -0.123. The number of fused-ring (bicyclic) bond motifs is 2. The van der Waals surface area contributed by atoms with Gasteiger partial charge in [0.2, 0.25) is 0 Å². The third-order valence-corrected chi connectivity index (χ3v) is 4.32. The summed E-state index contributed by atoms with van der Waals surface area (Å²) >= 11 is 0. The lowest BCUT2D eigenvalue weighted by Gasteiger charge is -2.24. The van der Waals surface area contributed by atoms with Gasteiger partial charge in [-0.1, -0.05) is 5.57 Å². The van der Waals surface area contributed by atoms with Crippen LogP contribution in [0, 0.1) is 5.92 Å². The predicted octanol–water partition coefficient (Wildman–Crippen LogP) is 2.21. The number of allylic oxidation sites excluding steroid dienone is 1. The SMILES string of the molecule is O=C(O)N1C(=O)/C(=C\O)[C@H]2CC3=C(CCCC3)[C@H]21. The van der Waals surface area contributed by atoms with Crippen LogP contribution in [0.15, 0.2) is 23.0 Å². The maximum absolute atomic E-state index is 12.0. The topological polar surface area (TPSA) is 77.8 Å². The average molecular weight is 249 g/mol. The smallest absolute Gasteiger partial charge is 0.414 e. The van der Waals surface area contributed by atoms with Crippen molar-refractivity contribution in [2.24, 2.45) is 5.92 Å². The van der Waals surface area contributed by atoms with E-state index in [9.17, 15) is 19.8 Å². The van der Waals surface area contributed by atoms with E-state index >= 15 is 0 Å². The van der Waals surface area contributed by atoms with Crippen molar-refractivity contribution in [3.63, 3.8) is 0 Å². The Morgan fingerprint density at radius 2 is 2.06 bits per heavy atom. The number of nitrogens with zero attached hydrogens (tertiary/aromatic N) is 1. The fourth-order valence-electron chi connectivity index (χ4n) is 3.60. The second-order valence-corrected chi connectivity index (χ2v) is 5.13. The summed E-state index contributed by atoms with van der Waals surface area (Å²) in [6.45, 7) is 0. The molecule has 1 fully saturated rings. The number of carbonyl (C=O) groups is 2. The summed E-state index contributed by atoms with van der Waals surface area (Å²) in [6.07, 6.45) is 4.38. The summed E-state index contributed by atoms with van der Waals surface area (Å²) in [5.41, 5.74) is 2.67. The minimum absolute atomic E-state index is 0.165. The monoisotopic (exact) mass is 249 g/mol. The van der Waals surface area contributed by atoms with Crippen molar-refractivity contribution in [3.8, 4) is 0 Å². The molecule has 18 heavy (non-hydrogen) atoms. The van der Waals surface area contributed by atoms with Gasteiger partial charge in [-0.05, 0) is 37.7 Å². The highest BCUT2D eigenvalue weighted by atomic mass is 16.4. The minimum Gasteiger partial charge on any atom is -0.515 e. The maximum Gasteiger partial charge on any atom is 0.414 e. The zero-order valence-corrected chi connectivity index (χ0v) is 9.93. The molecule has 5 heteroatoms. The fraction of sp³-hybridized carbons (Fsp3) is 0.538. The van der Waals surface area contributed by atoms with Crippen LogP contribution < -0.4 is 0 Å². The van der Waals surface area contributed by atoms with Crippen molar-refractivity contribution in [2.45, 2.75) is 38.1 Å². The third kappa shape index (κ3) is 1.33. The highest BCUT2D eigenvalue weighted by Crippen LogP contribution is 2.49. The molecule has 0 bridgehead atoms. The van der Waals surface area contributed by atoms with E-state index in [0.29, 0.717) is 0 Å². The van der Waals surface area contributed by atoms with E-state index in [1.54, 1.807) is 0 Å². The number of hydrogen-bond acceptors (Lipinski definition) is 3. The first-order valence-electron chi connectivity index (χ1n) is 6.26. The van der Waals surface area contributed by atoms with Crippen molar-refractivity contribution >= 4 is 12.0 Å². The molecule has 1 aliphatic heterocycles. The molecular weight excluding hydrogens is 234 g/mol. The molecule has 0 radical (unpaired) electrons. The molecule has 0 spiro atoms. The Bertz CT molecular complexity index is 491. The van der Waals surface area contributed by atoms with Crippen LogP contribution in [0.3, 0.4) is 0 Å². The zero-order valence-electron chi connectivity index (χ0n) is 9.93. The first-order valence-corrected chi connectivity index (χ1v) is 6.26. The van der Waals surface area contributed by atoms with E-state index in [0.717, 1.165) is 48.8 Å². The molecule has 1 heterocycles. The summed E-state index contributed by atoms with van der Waals surface area (Å²) in [5.74, 6) is -0.723. The Hall–Kier alpha value is -1.78. The van der Waals surface area contributed by atoms with Gasteiger partial charge in [0.05, 0.1) is 17.9 Å². The molecule has 2 N–H and O–H groups in total. The number of likely N-dealkylation sites (tertiary alicyclic amines) is 1. The van der Waals surface area contributed by atoms with Crippen LogP contribution >= 0.6 is 0 Å². The molecule has 96 valence electrons. The Morgan fingerprint density at radius 1 is 1.33 bits per heavy atom. The molecule has 2 amide bonds. The highest BCUT2D eigenvalue weighted by molar-refractivity contribution is 6.06. The van der Waals surface area contributed by atoms with Gasteiger partial charge in [0, 0.05) is 5.92 Å². The summed E-state index contributed by atoms with van der Waals surface area (Å²) in [7, 11) is 0. The highest BCUT2D eigenvalue weighted by Gasteiger charge is 2.52. The Balaban J connectivity index is 2.05. The van der Waals surface area contributed by atoms with Crippen LogP contribution in [0.1, 0.15) is 32.1 Å². The first-order chi connectivity index (χ1) is 8.65.